The molecule has 0 bridgehead atoms. The summed E-state index contributed by atoms with van der Waals surface area (Å²) in [5.41, 5.74) is 4.40. The average molecular weight is 437 g/mol. The summed E-state index contributed by atoms with van der Waals surface area (Å²) >= 11 is 3.50. The Hall–Kier alpha value is -2.79. The van der Waals surface area contributed by atoms with Crippen LogP contribution in [0.25, 0.3) is 0 Å². The number of ether oxygens (including phenoxy) is 2. The van der Waals surface area contributed by atoms with E-state index in [1.165, 1.54) is 0 Å². The zero-order valence-electron chi connectivity index (χ0n) is 15.8. The fraction of sp³-hybridized carbons (Fsp3) is 0.174. The highest BCUT2D eigenvalue weighted by molar-refractivity contribution is 9.10. The lowest BCUT2D eigenvalue weighted by molar-refractivity contribution is 0.354. The molecule has 1 aliphatic rings. The zero-order valence-corrected chi connectivity index (χ0v) is 17.4. The van der Waals surface area contributed by atoms with Gasteiger partial charge >= 0.3 is 0 Å². The smallest absolute Gasteiger partial charge is 0.161 e. The Morgan fingerprint density at radius 2 is 1.61 bits per heavy atom. The van der Waals surface area contributed by atoms with Crippen LogP contribution < -0.4 is 14.5 Å². The molecule has 0 amide bonds. The molecule has 5 heteroatoms. The molecule has 142 valence electrons. The number of hydrazone groups is 1. The Bertz CT molecular complexity index is 987. The van der Waals surface area contributed by atoms with Crippen molar-refractivity contribution in [3.63, 3.8) is 0 Å². The largest absolute Gasteiger partial charge is 0.493 e. The van der Waals surface area contributed by atoms with E-state index in [9.17, 15) is 0 Å². The molecule has 4 rings (SSSR count). The van der Waals surface area contributed by atoms with E-state index in [4.69, 9.17) is 14.6 Å². The van der Waals surface area contributed by atoms with Crippen molar-refractivity contribution in [2.75, 3.05) is 19.2 Å². The van der Waals surface area contributed by atoms with E-state index in [1.807, 2.05) is 30.3 Å². The second-order valence-electron chi connectivity index (χ2n) is 6.57. The van der Waals surface area contributed by atoms with Gasteiger partial charge in [0.25, 0.3) is 0 Å². The number of rotatable bonds is 5. The predicted octanol–water partition coefficient (Wildman–Crippen LogP) is 5.82. The van der Waals surface area contributed by atoms with Crippen molar-refractivity contribution in [3.05, 3.63) is 88.4 Å². The van der Waals surface area contributed by atoms with E-state index in [0.29, 0.717) is 0 Å². The van der Waals surface area contributed by atoms with Gasteiger partial charge in [-0.15, -0.1) is 0 Å². The van der Waals surface area contributed by atoms with Gasteiger partial charge in [0.15, 0.2) is 11.5 Å². The van der Waals surface area contributed by atoms with Crippen molar-refractivity contribution in [3.8, 4) is 11.5 Å². The Morgan fingerprint density at radius 1 is 0.893 bits per heavy atom. The lowest BCUT2D eigenvalue weighted by Crippen LogP contribution is -2.18. The van der Waals surface area contributed by atoms with Crippen molar-refractivity contribution in [1.82, 2.24) is 0 Å². The first-order valence-electron chi connectivity index (χ1n) is 9.09. The summed E-state index contributed by atoms with van der Waals surface area (Å²) in [6.45, 7) is 0. The first-order valence-corrected chi connectivity index (χ1v) is 9.88. The van der Waals surface area contributed by atoms with E-state index >= 15 is 0 Å². The minimum atomic E-state index is 0.0841. The van der Waals surface area contributed by atoms with Crippen LogP contribution in [0, 0.1) is 0 Å². The summed E-state index contributed by atoms with van der Waals surface area (Å²) in [4.78, 5) is 0. The number of hydrogen-bond acceptors (Lipinski definition) is 4. The first-order chi connectivity index (χ1) is 13.7. The van der Waals surface area contributed by atoms with Crippen LogP contribution in [0.5, 0.6) is 11.5 Å². The van der Waals surface area contributed by atoms with E-state index in [2.05, 4.69) is 63.4 Å². The summed E-state index contributed by atoms with van der Waals surface area (Å²) in [6.07, 6.45) is 0.812. The van der Waals surface area contributed by atoms with E-state index in [-0.39, 0.29) is 6.04 Å². The molecular weight excluding hydrogens is 416 g/mol. The van der Waals surface area contributed by atoms with Gasteiger partial charge in [-0.2, -0.15) is 5.10 Å². The van der Waals surface area contributed by atoms with Gasteiger partial charge < -0.3 is 9.47 Å². The van der Waals surface area contributed by atoms with Crippen molar-refractivity contribution in [2.45, 2.75) is 12.5 Å². The summed E-state index contributed by atoms with van der Waals surface area (Å²) in [6, 6.07) is 24.7. The molecule has 0 unspecified atom stereocenters. The topological polar surface area (TPSA) is 34.1 Å². The van der Waals surface area contributed by atoms with Gasteiger partial charge in [0.2, 0.25) is 0 Å². The van der Waals surface area contributed by atoms with Gasteiger partial charge in [0.1, 0.15) is 0 Å². The number of methoxy groups -OCH3 is 2. The predicted molar refractivity (Wildman–Crippen MR) is 117 cm³/mol. The average Bonchev–Trinajstić information content (AvgIpc) is 3.20. The van der Waals surface area contributed by atoms with Gasteiger partial charge in [-0.3, -0.25) is 5.01 Å². The number of hydrogen-bond donors (Lipinski definition) is 0. The molecule has 0 fully saturated rings. The maximum absolute atomic E-state index is 5.52. The lowest BCUT2D eigenvalue weighted by Gasteiger charge is -2.24. The molecular formula is C23H21BrN2O2. The van der Waals surface area contributed by atoms with E-state index in [1.54, 1.807) is 14.2 Å². The Kier molecular flexibility index (Phi) is 5.35. The molecule has 0 aromatic heterocycles. The summed E-state index contributed by atoms with van der Waals surface area (Å²) in [7, 11) is 3.31. The highest BCUT2D eigenvalue weighted by atomic mass is 79.9. The third-order valence-electron chi connectivity index (χ3n) is 4.90. The van der Waals surface area contributed by atoms with Crippen molar-refractivity contribution < 1.29 is 9.47 Å². The van der Waals surface area contributed by atoms with Crippen LogP contribution in [0.1, 0.15) is 23.6 Å². The monoisotopic (exact) mass is 436 g/mol. The van der Waals surface area contributed by atoms with Crippen LogP contribution >= 0.6 is 15.9 Å². The van der Waals surface area contributed by atoms with Gasteiger partial charge in [-0.05, 0) is 47.5 Å². The van der Waals surface area contributed by atoms with Crippen molar-refractivity contribution in [1.29, 1.82) is 0 Å². The maximum atomic E-state index is 5.52. The third-order valence-corrected chi connectivity index (χ3v) is 5.43. The van der Waals surface area contributed by atoms with Gasteiger partial charge in [0.05, 0.1) is 31.7 Å². The molecule has 0 aliphatic carbocycles. The van der Waals surface area contributed by atoms with Gasteiger partial charge in [-0.1, -0.05) is 52.3 Å². The minimum Gasteiger partial charge on any atom is -0.493 e. The molecule has 1 atom stereocenters. The van der Waals surface area contributed by atoms with Crippen LogP contribution in [0.3, 0.4) is 0 Å². The minimum absolute atomic E-state index is 0.0841. The van der Waals surface area contributed by atoms with Crippen LogP contribution in [0.15, 0.2) is 82.4 Å². The fourth-order valence-electron chi connectivity index (χ4n) is 3.47. The standard InChI is InChI=1S/C23H21BrN2O2/c1-27-22-13-10-17(14-23(22)28-2)21-15-20(16-8-11-18(24)12-9-16)25-26(21)19-6-4-3-5-7-19/h3-14,21H,15H2,1-2H3/t21-/m0/s1. The molecule has 0 radical (unpaired) electrons. The Balaban J connectivity index is 1.74. The molecule has 0 saturated heterocycles. The van der Waals surface area contributed by atoms with Gasteiger partial charge in [0, 0.05) is 10.9 Å². The maximum Gasteiger partial charge on any atom is 0.161 e. The fourth-order valence-corrected chi connectivity index (χ4v) is 3.73. The Morgan fingerprint density at radius 3 is 2.29 bits per heavy atom. The summed E-state index contributed by atoms with van der Waals surface area (Å²) < 4.78 is 12.0. The third kappa shape index (κ3) is 3.62. The zero-order chi connectivity index (χ0) is 19.5. The molecule has 0 saturated carbocycles. The molecule has 28 heavy (non-hydrogen) atoms. The van der Waals surface area contributed by atoms with E-state index in [0.717, 1.165) is 44.9 Å². The van der Waals surface area contributed by atoms with Gasteiger partial charge in [-0.25, -0.2) is 0 Å². The molecule has 1 aliphatic heterocycles. The number of halogens is 1. The summed E-state index contributed by atoms with van der Waals surface area (Å²) in [5, 5.41) is 7.07. The number of benzene rings is 3. The molecule has 0 spiro atoms. The van der Waals surface area contributed by atoms with Crippen LogP contribution in [-0.2, 0) is 0 Å². The second-order valence-corrected chi connectivity index (χ2v) is 7.48. The number of nitrogens with zero attached hydrogens (tertiary/aromatic N) is 2. The SMILES string of the molecule is COc1ccc([C@@H]2CC(c3ccc(Br)cc3)=NN2c2ccccc2)cc1OC. The second kappa shape index (κ2) is 8.07. The van der Waals surface area contributed by atoms with Crippen LogP contribution in [-0.4, -0.2) is 19.9 Å². The molecule has 3 aromatic rings. The molecule has 1 heterocycles. The molecule has 4 nitrogen and oxygen atoms in total. The quantitative estimate of drug-likeness (QED) is 0.504. The molecule has 3 aromatic carbocycles. The normalized spacial score (nSPS) is 16.0. The lowest BCUT2D eigenvalue weighted by atomic mass is 9.98. The van der Waals surface area contributed by atoms with E-state index < -0.39 is 0 Å². The van der Waals surface area contributed by atoms with Crippen molar-refractivity contribution in [2.24, 2.45) is 5.10 Å². The van der Waals surface area contributed by atoms with Crippen LogP contribution in [0.2, 0.25) is 0 Å². The Labute approximate surface area is 173 Å². The van der Waals surface area contributed by atoms with Crippen molar-refractivity contribution >= 4 is 27.3 Å². The molecule has 0 N–H and O–H groups in total. The highest BCUT2D eigenvalue weighted by Crippen LogP contribution is 2.39. The summed E-state index contributed by atoms with van der Waals surface area (Å²) in [5.74, 6) is 1.45. The van der Waals surface area contributed by atoms with Crippen LogP contribution in [0.4, 0.5) is 5.69 Å². The highest BCUT2D eigenvalue weighted by Gasteiger charge is 2.30. The first kappa shape index (κ1) is 18.6. The number of para-hydroxylation sites is 1. The number of anilines is 1.